The third-order valence-corrected chi connectivity index (χ3v) is 6.11. The first-order chi connectivity index (χ1) is 13.2. The van der Waals surface area contributed by atoms with Crippen molar-refractivity contribution in [1.82, 2.24) is 4.90 Å². The van der Waals surface area contributed by atoms with Crippen molar-refractivity contribution in [2.24, 2.45) is 0 Å². The Morgan fingerprint density at radius 2 is 1.74 bits per heavy atom. The number of rotatable bonds is 5. The molecule has 2 heterocycles. The van der Waals surface area contributed by atoms with Crippen molar-refractivity contribution in [2.75, 3.05) is 26.2 Å². The van der Waals surface area contributed by atoms with E-state index in [-0.39, 0.29) is 0 Å². The van der Waals surface area contributed by atoms with Gasteiger partial charge in [0.25, 0.3) is 0 Å². The molecule has 3 rings (SSSR count). The molecular weight excluding hydrogens is 328 g/mol. The highest BCUT2D eigenvalue weighted by Gasteiger charge is 2.19. The fourth-order valence-corrected chi connectivity index (χ4v) is 4.47. The topological polar surface area (TPSA) is 6.25 Å². The van der Waals surface area contributed by atoms with Crippen LogP contribution in [0.15, 0.2) is 46.7 Å². The monoisotopic (exact) mass is 369 g/mol. The zero-order valence-corrected chi connectivity index (χ0v) is 18.5. The van der Waals surface area contributed by atoms with Crippen LogP contribution < -0.4 is 0 Å². The van der Waals surface area contributed by atoms with Crippen LogP contribution in [0.4, 0.5) is 0 Å². The maximum absolute atomic E-state index is 2.52. The normalized spacial score (nSPS) is 23.8. The molecule has 1 fully saturated rings. The fourth-order valence-electron chi connectivity index (χ4n) is 4.47. The molecule has 2 heteroatoms. The zero-order valence-electron chi connectivity index (χ0n) is 18.5. The fraction of sp³-hybridized carbons (Fsp3) is 0.640. The Hall–Kier alpha value is -1.57. The molecule has 0 saturated carbocycles. The van der Waals surface area contributed by atoms with Gasteiger partial charge in [-0.05, 0) is 75.7 Å². The molecule has 150 valence electrons. The summed E-state index contributed by atoms with van der Waals surface area (Å²) in [5, 5.41) is 0. The van der Waals surface area contributed by atoms with Crippen molar-refractivity contribution < 1.29 is 4.58 Å². The summed E-state index contributed by atoms with van der Waals surface area (Å²) in [6, 6.07) is 0. The van der Waals surface area contributed by atoms with Crippen LogP contribution in [-0.2, 0) is 0 Å². The van der Waals surface area contributed by atoms with E-state index in [1.807, 2.05) is 13.8 Å². The lowest BCUT2D eigenvalue weighted by atomic mass is 9.87. The number of likely N-dealkylation sites (tertiary alicyclic amines) is 1. The van der Waals surface area contributed by atoms with Gasteiger partial charge in [-0.1, -0.05) is 26.0 Å². The molecule has 0 unspecified atom stereocenters. The highest BCUT2D eigenvalue weighted by atomic mass is 15.1. The molecule has 1 aliphatic carbocycles. The first kappa shape index (κ1) is 21.7. The number of hydrogen-bond acceptors (Lipinski definition) is 1. The van der Waals surface area contributed by atoms with Crippen LogP contribution in [0.3, 0.4) is 0 Å². The van der Waals surface area contributed by atoms with E-state index in [0.717, 1.165) is 13.1 Å². The molecule has 27 heavy (non-hydrogen) atoms. The summed E-state index contributed by atoms with van der Waals surface area (Å²) in [6.07, 6.45) is 18.5. The van der Waals surface area contributed by atoms with Gasteiger partial charge in [0.1, 0.15) is 13.1 Å². The number of nitrogens with zero attached hydrogens (tertiary/aromatic N) is 2. The molecule has 3 aliphatic rings. The van der Waals surface area contributed by atoms with Crippen molar-refractivity contribution in [1.29, 1.82) is 0 Å². The SMILES string of the molecule is CC.CCN1CCC/C1=C\C=C1CCCC(/C=C/C2=[N+](CC)CCC2)=C1C. The summed E-state index contributed by atoms with van der Waals surface area (Å²) in [7, 11) is 0. The van der Waals surface area contributed by atoms with Crippen molar-refractivity contribution in [2.45, 2.75) is 79.6 Å². The van der Waals surface area contributed by atoms with E-state index in [1.165, 1.54) is 75.0 Å². The minimum Gasteiger partial charge on any atom is -0.375 e. The molecule has 2 nitrogen and oxygen atoms in total. The highest BCUT2D eigenvalue weighted by molar-refractivity contribution is 5.91. The quantitative estimate of drug-likeness (QED) is 0.518. The van der Waals surface area contributed by atoms with Gasteiger partial charge in [0.15, 0.2) is 5.71 Å². The van der Waals surface area contributed by atoms with Gasteiger partial charge in [0.2, 0.25) is 0 Å². The Balaban J connectivity index is 0.00000126. The molecule has 0 N–H and O–H groups in total. The summed E-state index contributed by atoms with van der Waals surface area (Å²) < 4.78 is 2.52. The lowest BCUT2D eigenvalue weighted by molar-refractivity contribution is -0.515. The average Bonchev–Trinajstić information content (AvgIpc) is 3.36. The van der Waals surface area contributed by atoms with E-state index in [2.05, 4.69) is 54.6 Å². The summed E-state index contributed by atoms with van der Waals surface area (Å²) in [5.74, 6) is 0. The van der Waals surface area contributed by atoms with Crippen LogP contribution in [0.5, 0.6) is 0 Å². The lowest BCUT2D eigenvalue weighted by Gasteiger charge is -2.19. The van der Waals surface area contributed by atoms with E-state index < -0.39 is 0 Å². The van der Waals surface area contributed by atoms with Crippen LogP contribution >= 0.6 is 0 Å². The standard InChI is InChI=1S/C23H35N2.C2H6/c1-4-24-17-7-11-22(24)15-13-20-9-6-10-21(19(20)3)14-16-23-12-8-18-25(23)5-2;1-2/h13-16H,4-12,17-18H2,1-3H3;1-2H3/q+1;. The molecule has 0 aromatic carbocycles. The second-order valence-electron chi connectivity index (χ2n) is 7.54. The average molecular weight is 370 g/mol. The third-order valence-electron chi connectivity index (χ3n) is 6.11. The molecule has 0 radical (unpaired) electrons. The summed E-state index contributed by atoms with van der Waals surface area (Å²) in [4.78, 5) is 2.52. The van der Waals surface area contributed by atoms with Crippen molar-refractivity contribution in [3.8, 4) is 0 Å². The third kappa shape index (κ3) is 5.70. The smallest absolute Gasteiger partial charge is 0.176 e. The van der Waals surface area contributed by atoms with Gasteiger partial charge in [-0.2, -0.15) is 0 Å². The van der Waals surface area contributed by atoms with Gasteiger partial charge in [-0.25, -0.2) is 4.58 Å². The Bertz CT molecular complexity index is 643. The zero-order chi connectivity index (χ0) is 19.6. The molecule has 2 aliphatic heterocycles. The Kier molecular flexibility index (Phi) is 9.10. The molecule has 0 aromatic heterocycles. The number of hydrogen-bond donors (Lipinski definition) is 0. The minimum absolute atomic E-state index is 1.14. The van der Waals surface area contributed by atoms with E-state index in [4.69, 9.17) is 0 Å². The molecule has 0 bridgehead atoms. The van der Waals surface area contributed by atoms with Crippen LogP contribution in [0.2, 0.25) is 0 Å². The molecule has 0 spiro atoms. The van der Waals surface area contributed by atoms with Gasteiger partial charge in [0.05, 0.1) is 0 Å². The van der Waals surface area contributed by atoms with Gasteiger partial charge < -0.3 is 4.90 Å². The Morgan fingerprint density at radius 1 is 0.926 bits per heavy atom. The highest BCUT2D eigenvalue weighted by Crippen LogP contribution is 2.31. The van der Waals surface area contributed by atoms with Crippen molar-refractivity contribution >= 4 is 5.71 Å². The van der Waals surface area contributed by atoms with Gasteiger partial charge >= 0.3 is 0 Å². The Morgan fingerprint density at radius 3 is 2.48 bits per heavy atom. The summed E-state index contributed by atoms with van der Waals surface area (Å²) in [6.45, 7) is 15.6. The predicted octanol–water partition coefficient (Wildman–Crippen LogP) is 6.26. The predicted molar refractivity (Wildman–Crippen MR) is 120 cm³/mol. The van der Waals surface area contributed by atoms with E-state index in [1.54, 1.807) is 11.1 Å². The Labute approximate surface area is 168 Å². The van der Waals surface area contributed by atoms with Gasteiger partial charge in [-0.3, -0.25) is 0 Å². The number of allylic oxidation sites excluding steroid dienone is 8. The summed E-state index contributed by atoms with van der Waals surface area (Å²) in [5.41, 5.74) is 7.67. The van der Waals surface area contributed by atoms with Crippen LogP contribution in [0.1, 0.15) is 79.6 Å². The van der Waals surface area contributed by atoms with E-state index in [0.29, 0.717) is 0 Å². The first-order valence-electron chi connectivity index (χ1n) is 11.4. The molecular formula is C25H41N2+. The largest absolute Gasteiger partial charge is 0.375 e. The van der Waals surface area contributed by atoms with Gasteiger partial charge in [-0.15, -0.1) is 0 Å². The van der Waals surface area contributed by atoms with Crippen LogP contribution in [-0.4, -0.2) is 41.4 Å². The minimum atomic E-state index is 1.14. The van der Waals surface area contributed by atoms with Crippen LogP contribution in [0.25, 0.3) is 0 Å². The van der Waals surface area contributed by atoms with Crippen molar-refractivity contribution in [3.63, 3.8) is 0 Å². The second-order valence-corrected chi connectivity index (χ2v) is 7.54. The molecule has 0 atom stereocenters. The van der Waals surface area contributed by atoms with Gasteiger partial charge in [0, 0.05) is 37.7 Å². The molecule has 0 amide bonds. The van der Waals surface area contributed by atoms with E-state index in [9.17, 15) is 0 Å². The van der Waals surface area contributed by atoms with E-state index >= 15 is 0 Å². The lowest BCUT2D eigenvalue weighted by Crippen LogP contribution is -2.16. The molecule has 0 aromatic rings. The first-order valence-corrected chi connectivity index (χ1v) is 11.4. The maximum Gasteiger partial charge on any atom is 0.176 e. The summed E-state index contributed by atoms with van der Waals surface area (Å²) >= 11 is 0. The van der Waals surface area contributed by atoms with Crippen molar-refractivity contribution in [3.05, 3.63) is 46.7 Å². The molecule has 1 saturated heterocycles. The second kappa shape index (κ2) is 11.3. The maximum atomic E-state index is 2.52. The van der Waals surface area contributed by atoms with Crippen LogP contribution in [0, 0.1) is 0 Å².